The van der Waals surface area contributed by atoms with Crippen LogP contribution in [0.3, 0.4) is 0 Å². The minimum Gasteiger partial charge on any atom is -0.503 e. The predicted octanol–water partition coefficient (Wildman–Crippen LogP) is 6.34. The fourth-order valence-electron chi connectivity index (χ4n) is 4.74. The third kappa shape index (κ3) is 4.14. The number of rotatable bonds is 7. The van der Waals surface area contributed by atoms with Crippen molar-refractivity contribution in [2.75, 3.05) is 22.9 Å². The molecule has 188 valence electrons. The molecule has 3 aromatic carbocycles. The Hall–Kier alpha value is -4.46. The summed E-state index contributed by atoms with van der Waals surface area (Å²) in [6, 6.07) is 17.7. The van der Waals surface area contributed by atoms with Crippen LogP contribution in [0.25, 0.3) is 11.0 Å². The number of fused-ring (bicyclic) bond motifs is 1. The summed E-state index contributed by atoms with van der Waals surface area (Å²) < 4.78 is 33.6. The molecule has 1 aliphatic heterocycles. The summed E-state index contributed by atoms with van der Waals surface area (Å²) in [5.41, 5.74) is 1.73. The molecule has 0 spiro atoms. The normalized spacial score (nSPS) is 15.6. The average Bonchev–Trinajstić information content (AvgIpc) is 3.46. The minimum absolute atomic E-state index is 0.000625. The summed E-state index contributed by atoms with van der Waals surface area (Å²) >= 11 is 0. The van der Waals surface area contributed by atoms with Gasteiger partial charge in [-0.2, -0.15) is 0 Å². The van der Waals surface area contributed by atoms with Crippen LogP contribution in [0.1, 0.15) is 36.0 Å². The Morgan fingerprint density at radius 1 is 0.973 bits per heavy atom. The first kappa shape index (κ1) is 24.2. The van der Waals surface area contributed by atoms with E-state index in [-0.39, 0.29) is 17.0 Å². The quantitative estimate of drug-likeness (QED) is 0.299. The first-order valence-electron chi connectivity index (χ1n) is 11.9. The minimum atomic E-state index is -1.16. The number of halogens is 2. The maximum atomic E-state index is 14.2. The van der Waals surface area contributed by atoms with E-state index in [0.29, 0.717) is 16.5 Å². The number of nitrogens with zero attached hydrogens (tertiary/aromatic N) is 2. The number of Topliss-reactive ketones (excluding diaryl/α,β-unsaturated/α-hetero) is 1. The Morgan fingerprint density at radius 2 is 1.68 bits per heavy atom. The second-order valence-electron chi connectivity index (χ2n) is 8.68. The smallest absolute Gasteiger partial charge is 0.294 e. The van der Waals surface area contributed by atoms with Gasteiger partial charge in [0.05, 0.1) is 11.6 Å². The standard InChI is InChI=1S/C29H24F2N2O4/c1-3-32(4-2)19-11-9-17(10-12-19)26-25(27(34)24-15-18-7-5-6-8-23(18)37-24)28(35)29(36)33(26)20-13-14-21(30)22(31)16-20/h5-16,26,35H,3-4H2,1-2H3. The molecule has 0 fully saturated rings. The fourth-order valence-corrected chi connectivity index (χ4v) is 4.74. The Morgan fingerprint density at radius 3 is 2.32 bits per heavy atom. The molecule has 4 aromatic rings. The number of carbonyl (C=O) groups excluding carboxylic acids is 2. The van der Waals surface area contributed by atoms with Crippen molar-refractivity contribution in [2.45, 2.75) is 19.9 Å². The lowest BCUT2D eigenvalue weighted by Gasteiger charge is -2.28. The molecule has 6 nitrogen and oxygen atoms in total. The van der Waals surface area contributed by atoms with Gasteiger partial charge in [0.25, 0.3) is 5.91 Å². The fraction of sp³-hybridized carbons (Fsp3) is 0.172. The highest BCUT2D eigenvalue weighted by atomic mass is 19.2. The van der Waals surface area contributed by atoms with Crippen molar-refractivity contribution in [3.8, 4) is 0 Å². The van der Waals surface area contributed by atoms with Crippen molar-refractivity contribution in [1.29, 1.82) is 0 Å². The molecule has 0 bridgehead atoms. The van der Waals surface area contributed by atoms with Gasteiger partial charge in [-0.25, -0.2) is 8.78 Å². The van der Waals surface area contributed by atoms with Gasteiger partial charge in [0.1, 0.15) is 5.58 Å². The van der Waals surface area contributed by atoms with Crippen molar-refractivity contribution < 1.29 is 27.9 Å². The second-order valence-corrected chi connectivity index (χ2v) is 8.68. The number of amides is 1. The van der Waals surface area contributed by atoms with Crippen LogP contribution in [0.4, 0.5) is 20.2 Å². The maximum Gasteiger partial charge on any atom is 0.294 e. The highest BCUT2D eigenvalue weighted by Gasteiger charge is 2.45. The Bertz CT molecular complexity index is 1500. The maximum absolute atomic E-state index is 14.2. The van der Waals surface area contributed by atoms with Crippen LogP contribution in [0.5, 0.6) is 0 Å². The Labute approximate surface area is 212 Å². The Kier molecular flexibility index (Phi) is 6.25. The van der Waals surface area contributed by atoms with Crippen LogP contribution in [0.15, 0.2) is 88.5 Å². The summed E-state index contributed by atoms with van der Waals surface area (Å²) in [5, 5.41) is 11.6. The second kappa shape index (κ2) is 9.54. The topological polar surface area (TPSA) is 74.0 Å². The zero-order valence-corrected chi connectivity index (χ0v) is 20.2. The Balaban J connectivity index is 1.64. The van der Waals surface area contributed by atoms with E-state index in [2.05, 4.69) is 4.90 Å². The lowest BCUT2D eigenvalue weighted by atomic mass is 9.94. The molecule has 1 aliphatic rings. The zero-order chi connectivity index (χ0) is 26.3. The van der Waals surface area contributed by atoms with Crippen molar-refractivity contribution in [1.82, 2.24) is 0 Å². The summed E-state index contributed by atoms with van der Waals surface area (Å²) in [4.78, 5) is 30.2. The third-order valence-electron chi connectivity index (χ3n) is 6.62. The number of furan rings is 1. The molecule has 1 N–H and O–H groups in total. The molecule has 1 unspecified atom stereocenters. The molecule has 0 saturated carbocycles. The van der Waals surface area contributed by atoms with Gasteiger partial charge in [0.15, 0.2) is 23.2 Å². The molecule has 0 saturated heterocycles. The number of ketones is 1. The van der Waals surface area contributed by atoms with E-state index in [9.17, 15) is 23.5 Å². The number of carbonyl (C=O) groups is 2. The molecule has 37 heavy (non-hydrogen) atoms. The summed E-state index contributed by atoms with van der Waals surface area (Å²) in [7, 11) is 0. The summed E-state index contributed by atoms with van der Waals surface area (Å²) in [6.07, 6.45) is 0. The van der Waals surface area contributed by atoms with Gasteiger partial charge < -0.3 is 14.4 Å². The molecule has 8 heteroatoms. The molecular formula is C29H24F2N2O4. The first-order valence-corrected chi connectivity index (χ1v) is 11.9. The van der Waals surface area contributed by atoms with E-state index in [1.165, 1.54) is 6.07 Å². The SMILES string of the molecule is CCN(CC)c1ccc(C2C(C(=O)c3cc4ccccc4o3)=C(O)C(=O)N2c2ccc(F)c(F)c2)cc1. The molecule has 5 rings (SSSR count). The van der Waals surface area contributed by atoms with Crippen molar-refractivity contribution >= 4 is 34.0 Å². The molecule has 0 aliphatic carbocycles. The van der Waals surface area contributed by atoms with Crippen LogP contribution in [-0.2, 0) is 4.79 Å². The highest BCUT2D eigenvalue weighted by Crippen LogP contribution is 2.43. The van der Waals surface area contributed by atoms with Crippen molar-refractivity contribution in [3.05, 3.63) is 107 Å². The van der Waals surface area contributed by atoms with Crippen molar-refractivity contribution in [3.63, 3.8) is 0 Å². The molecule has 1 aromatic heterocycles. The van der Waals surface area contributed by atoms with E-state index in [1.54, 1.807) is 42.5 Å². The number of aliphatic hydroxyl groups excluding tert-OH is 1. The van der Waals surface area contributed by atoms with E-state index >= 15 is 0 Å². The van der Waals surface area contributed by atoms with Gasteiger partial charge in [-0.1, -0.05) is 30.3 Å². The molecule has 1 atom stereocenters. The van der Waals surface area contributed by atoms with Crippen LogP contribution in [-0.4, -0.2) is 29.9 Å². The highest BCUT2D eigenvalue weighted by molar-refractivity contribution is 6.20. The third-order valence-corrected chi connectivity index (χ3v) is 6.62. The predicted molar refractivity (Wildman–Crippen MR) is 137 cm³/mol. The monoisotopic (exact) mass is 502 g/mol. The number of benzene rings is 3. The average molecular weight is 503 g/mol. The molecule has 1 amide bonds. The summed E-state index contributed by atoms with van der Waals surface area (Å²) in [5.74, 6) is -4.63. The number of hydrogen-bond acceptors (Lipinski definition) is 5. The first-order chi connectivity index (χ1) is 17.8. The molecular weight excluding hydrogens is 478 g/mol. The largest absolute Gasteiger partial charge is 0.503 e. The molecule has 2 heterocycles. The van der Waals surface area contributed by atoms with Crippen LogP contribution in [0, 0.1) is 11.6 Å². The number of anilines is 2. The van der Waals surface area contributed by atoms with Gasteiger partial charge in [0, 0.05) is 35.9 Å². The lowest BCUT2D eigenvalue weighted by Crippen LogP contribution is -2.31. The van der Waals surface area contributed by atoms with Gasteiger partial charge in [-0.05, 0) is 55.8 Å². The van der Waals surface area contributed by atoms with Gasteiger partial charge >= 0.3 is 0 Å². The number of para-hydroxylation sites is 1. The van der Waals surface area contributed by atoms with Crippen molar-refractivity contribution in [2.24, 2.45) is 0 Å². The summed E-state index contributed by atoms with van der Waals surface area (Å²) in [6.45, 7) is 5.63. The van der Waals surface area contributed by atoms with E-state index in [1.807, 2.05) is 26.0 Å². The molecule has 0 radical (unpaired) electrons. The number of hydrogen-bond donors (Lipinski definition) is 1. The van der Waals surface area contributed by atoms with Gasteiger partial charge in [-0.3, -0.25) is 14.5 Å². The lowest BCUT2D eigenvalue weighted by molar-refractivity contribution is -0.117. The van der Waals surface area contributed by atoms with E-state index in [0.717, 1.165) is 35.8 Å². The van der Waals surface area contributed by atoms with Crippen LogP contribution in [0.2, 0.25) is 0 Å². The van der Waals surface area contributed by atoms with E-state index < -0.39 is 35.1 Å². The van der Waals surface area contributed by atoms with E-state index in [4.69, 9.17) is 4.42 Å². The van der Waals surface area contributed by atoms with Gasteiger partial charge in [0.2, 0.25) is 5.78 Å². The van der Waals surface area contributed by atoms with Crippen LogP contribution < -0.4 is 9.80 Å². The number of aliphatic hydroxyl groups is 1. The van der Waals surface area contributed by atoms with Gasteiger partial charge in [-0.15, -0.1) is 0 Å². The van der Waals surface area contributed by atoms with Crippen LogP contribution >= 0.6 is 0 Å². The zero-order valence-electron chi connectivity index (χ0n) is 20.2.